The maximum atomic E-state index is 12.8. The van der Waals surface area contributed by atoms with Gasteiger partial charge < -0.3 is 10.6 Å². The van der Waals surface area contributed by atoms with Gasteiger partial charge in [0.25, 0.3) is 0 Å². The Bertz CT molecular complexity index is 592. The van der Waals surface area contributed by atoms with Crippen LogP contribution < -0.4 is 5.73 Å². The average Bonchev–Trinajstić information content (AvgIpc) is 2.37. The summed E-state index contributed by atoms with van der Waals surface area (Å²) in [6.07, 6.45) is 0.617. The molecule has 0 spiro atoms. The number of hydrogen-bond acceptors (Lipinski definition) is 4. The van der Waals surface area contributed by atoms with E-state index in [0.29, 0.717) is 12.0 Å². The highest BCUT2D eigenvalue weighted by molar-refractivity contribution is 7.89. The molecule has 7 heteroatoms. The van der Waals surface area contributed by atoms with Crippen molar-refractivity contribution >= 4 is 21.6 Å². The minimum Gasteiger partial charge on any atom is -0.398 e. The fourth-order valence-corrected chi connectivity index (χ4v) is 3.78. The molecule has 118 valence electrons. The summed E-state index contributed by atoms with van der Waals surface area (Å²) in [4.78, 5) is 13.3. The van der Waals surface area contributed by atoms with Crippen LogP contribution in [0.2, 0.25) is 0 Å². The van der Waals surface area contributed by atoms with Crippen molar-refractivity contribution in [3.63, 3.8) is 0 Å². The van der Waals surface area contributed by atoms with Gasteiger partial charge in [0.05, 0.1) is 12.2 Å². The van der Waals surface area contributed by atoms with Crippen LogP contribution in [0.3, 0.4) is 0 Å². The number of nitrogen functional groups attached to an aromatic ring is 1. The molecule has 1 amide bonds. The SMILES string of the molecule is CCCN(CC(=O)N(C)C)S(=O)(=O)c1c(C)cccc1N. The number of aryl methyl sites for hydroxylation is 1. The van der Waals surface area contributed by atoms with Crippen LogP contribution >= 0.6 is 0 Å². The number of amides is 1. The zero-order chi connectivity index (χ0) is 16.2. The third kappa shape index (κ3) is 3.95. The van der Waals surface area contributed by atoms with Gasteiger partial charge >= 0.3 is 0 Å². The van der Waals surface area contributed by atoms with Crippen molar-refractivity contribution in [1.82, 2.24) is 9.21 Å². The van der Waals surface area contributed by atoms with Gasteiger partial charge in [-0.3, -0.25) is 4.79 Å². The quantitative estimate of drug-likeness (QED) is 0.796. The maximum absolute atomic E-state index is 12.8. The zero-order valence-electron chi connectivity index (χ0n) is 13.0. The van der Waals surface area contributed by atoms with Crippen LogP contribution in [0.4, 0.5) is 5.69 Å². The van der Waals surface area contributed by atoms with Crippen molar-refractivity contribution in [2.75, 3.05) is 32.9 Å². The van der Waals surface area contributed by atoms with Crippen LogP contribution in [0.5, 0.6) is 0 Å². The van der Waals surface area contributed by atoms with E-state index in [0.717, 1.165) is 0 Å². The Morgan fingerprint density at radius 3 is 2.38 bits per heavy atom. The molecule has 2 N–H and O–H groups in total. The lowest BCUT2D eigenvalue weighted by molar-refractivity contribution is -0.128. The first-order valence-electron chi connectivity index (χ1n) is 6.77. The van der Waals surface area contributed by atoms with Crippen molar-refractivity contribution < 1.29 is 13.2 Å². The Kier molecular flexibility index (Phi) is 5.74. The molecule has 0 saturated carbocycles. The average molecular weight is 313 g/mol. The van der Waals surface area contributed by atoms with Crippen LogP contribution in [0.15, 0.2) is 23.1 Å². The molecule has 0 heterocycles. The van der Waals surface area contributed by atoms with Gasteiger partial charge in [0.15, 0.2) is 0 Å². The van der Waals surface area contributed by atoms with Gasteiger partial charge in [0, 0.05) is 20.6 Å². The summed E-state index contributed by atoms with van der Waals surface area (Å²) >= 11 is 0. The van der Waals surface area contributed by atoms with E-state index in [1.807, 2.05) is 6.92 Å². The minimum atomic E-state index is -3.79. The summed E-state index contributed by atoms with van der Waals surface area (Å²) in [6, 6.07) is 4.96. The molecule has 0 aromatic heterocycles. The fraction of sp³-hybridized carbons (Fsp3) is 0.500. The Balaban J connectivity index is 3.25. The van der Waals surface area contributed by atoms with Gasteiger partial charge in [-0.05, 0) is 25.0 Å². The molecule has 0 unspecified atom stereocenters. The van der Waals surface area contributed by atoms with Crippen LogP contribution in [-0.4, -0.2) is 50.7 Å². The first-order valence-corrected chi connectivity index (χ1v) is 8.21. The summed E-state index contributed by atoms with van der Waals surface area (Å²) in [5, 5.41) is 0. The van der Waals surface area contributed by atoms with Crippen molar-refractivity contribution in [3.05, 3.63) is 23.8 Å². The van der Waals surface area contributed by atoms with Crippen LogP contribution in [-0.2, 0) is 14.8 Å². The molecule has 21 heavy (non-hydrogen) atoms. The number of anilines is 1. The molecule has 0 fully saturated rings. The Labute approximate surface area is 126 Å². The second kappa shape index (κ2) is 6.91. The van der Waals surface area contributed by atoms with E-state index < -0.39 is 10.0 Å². The lowest BCUT2D eigenvalue weighted by Gasteiger charge is -2.24. The lowest BCUT2D eigenvalue weighted by Crippen LogP contribution is -2.41. The molecule has 1 rings (SSSR count). The summed E-state index contributed by atoms with van der Waals surface area (Å²) in [6.45, 7) is 3.65. The number of rotatable bonds is 6. The van der Waals surface area contributed by atoms with Crippen molar-refractivity contribution in [2.24, 2.45) is 0 Å². The topological polar surface area (TPSA) is 83.7 Å². The van der Waals surface area contributed by atoms with Crippen molar-refractivity contribution in [1.29, 1.82) is 0 Å². The summed E-state index contributed by atoms with van der Waals surface area (Å²) in [5.74, 6) is -0.265. The number of sulfonamides is 1. The Morgan fingerprint density at radius 2 is 1.90 bits per heavy atom. The van der Waals surface area contributed by atoms with E-state index in [1.54, 1.807) is 39.2 Å². The molecule has 0 atom stereocenters. The third-order valence-electron chi connectivity index (χ3n) is 3.12. The summed E-state index contributed by atoms with van der Waals surface area (Å²) in [7, 11) is -0.595. The molecule has 0 bridgehead atoms. The first-order chi connectivity index (χ1) is 9.71. The monoisotopic (exact) mass is 313 g/mol. The third-order valence-corrected chi connectivity index (χ3v) is 5.19. The molecule has 0 radical (unpaired) electrons. The molecule has 0 aliphatic carbocycles. The highest BCUT2D eigenvalue weighted by Crippen LogP contribution is 2.26. The minimum absolute atomic E-state index is 0.0880. The molecule has 6 nitrogen and oxygen atoms in total. The number of carbonyl (C=O) groups is 1. The lowest BCUT2D eigenvalue weighted by atomic mass is 10.2. The second-order valence-corrected chi connectivity index (χ2v) is 6.99. The van der Waals surface area contributed by atoms with Gasteiger partial charge in [-0.1, -0.05) is 19.1 Å². The number of benzene rings is 1. The van der Waals surface area contributed by atoms with Crippen molar-refractivity contribution in [3.8, 4) is 0 Å². The highest BCUT2D eigenvalue weighted by Gasteiger charge is 2.29. The first kappa shape index (κ1) is 17.5. The number of carbonyl (C=O) groups excluding carboxylic acids is 1. The summed E-state index contributed by atoms with van der Waals surface area (Å²) in [5.41, 5.74) is 6.61. The van der Waals surface area contributed by atoms with Gasteiger partial charge in [-0.15, -0.1) is 0 Å². The van der Waals surface area contributed by atoms with Gasteiger partial charge in [0.2, 0.25) is 15.9 Å². The van der Waals surface area contributed by atoms with E-state index in [9.17, 15) is 13.2 Å². The van der Waals surface area contributed by atoms with Crippen LogP contribution in [0.1, 0.15) is 18.9 Å². The molecule has 0 saturated heterocycles. The van der Waals surface area contributed by atoms with E-state index in [-0.39, 0.29) is 29.6 Å². The van der Waals surface area contributed by atoms with E-state index in [2.05, 4.69) is 0 Å². The van der Waals surface area contributed by atoms with Crippen molar-refractivity contribution in [2.45, 2.75) is 25.2 Å². The second-order valence-electron chi connectivity index (χ2n) is 5.12. The zero-order valence-corrected chi connectivity index (χ0v) is 13.8. The van der Waals surface area contributed by atoms with Crippen LogP contribution in [0, 0.1) is 6.92 Å². The Morgan fingerprint density at radius 1 is 1.29 bits per heavy atom. The number of likely N-dealkylation sites (N-methyl/N-ethyl adjacent to an activating group) is 1. The molecule has 0 aliphatic heterocycles. The van der Waals surface area contributed by atoms with Gasteiger partial charge in [-0.25, -0.2) is 8.42 Å². The predicted molar refractivity (Wildman–Crippen MR) is 83.3 cm³/mol. The van der Waals surface area contributed by atoms with Crippen LogP contribution in [0.25, 0.3) is 0 Å². The summed E-state index contributed by atoms with van der Waals surface area (Å²) < 4.78 is 26.8. The van der Waals surface area contributed by atoms with Gasteiger partial charge in [0.1, 0.15) is 4.90 Å². The van der Waals surface area contributed by atoms with Gasteiger partial charge in [-0.2, -0.15) is 4.31 Å². The number of nitrogens with two attached hydrogens (primary N) is 1. The van der Waals surface area contributed by atoms with E-state index in [1.165, 1.54) is 9.21 Å². The maximum Gasteiger partial charge on any atom is 0.245 e. The van der Waals surface area contributed by atoms with E-state index >= 15 is 0 Å². The smallest absolute Gasteiger partial charge is 0.245 e. The Hall–Kier alpha value is -1.60. The highest BCUT2D eigenvalue weighted by atomic mass is 32.2. The number of nitrogens with zero attached hydrogens (tertiary/aromatic N) is 2. The molecule has 1 aromatic carbocycles. The normalized spacial score (nSPS) is 11.7. The molecular weight excluding hydrogens is 290 g/mol. The largest absolute Gasteiger partial charge is 0.398 e. The van der Waals surface area contributed by atoms with E-state index in [4.69, 9.17) is 5.73 Å². The molecule has 0 aliphatic rings. The standard InChI is InChI=1S/C14H23N3O3S/c1-5-9-17(10-13(18)16(3)4)21(19,20)14-11(2)7-6-8-12(14)15/h6-8H,5,9-10,15H2,1-4H3. The molecular formula is C14H23N3O3S. The molecule has 1 aromatic rings. The fourth-order valence-electron chi connectivity index (χ4n) is 1.98. The number of hydrogen-bond donors (Lipinski definition) is 1. The predicted octanol–water partition coefficient (Wildman–Crippen LogP) is 1.07.